The van der Waals surface area contributed by atoms with E-state index in [9.17, 15) is 9.59 Å². The maximum Gasteiger partial charge on any atom is 0.267 e. The van der Waals surface area contributed by atoms with Gasteiger partial charge >= 0.3 is 0 Å². The molecule has 0 N–H and O–H groups in total. The smallest absolute Gasteiger partial charge is 0.267 e. The molecule has 4 aromatic rings. The molecule has 1 aliphatic heterocycles. The van der Waals surface area contributed by atoms with Crippen molar-refractivity contribution in [3.63, 3.8) is 0 Å². The highest BCUT2D eigenvalue weighted by atomic mass is 32.2. The van der Waals surface area contributed by atoms with E-state index < -0.39 is 0 Å². The Morgan fingerprint density at radius 2 is 1.97 bits per heavy atom. The van der Waals surface area contributed by atoms with Crippen LogP contribution in [-0.2, 0) is 22.6 Å². The van der Waals surface area contributed by atoms with Crippen LogP contribution in [-0.4, -0.2) is 33.9 Å². The lowest BCUT2D eigenvalue weighted by molar-refractivity contribution is -0.115. The van der Waals surface area contributed by atoms with Gasteiger partial charge in [0.15, 0.2) is 5.16 Å². The summed E-state index contributed by atoms with van der Waals surface area (Å²) in [5.74, 6) is 0.100. The number of rotatable bonds is 5. The van der Waals surface area contributed by atoms with Crippen molar-refractivity contribution in [2.75, 3.05) is 17.7 Å². The van der Waals surface area contributed by atoms with Crippen LogP contribution in [0.5, 0.6) is 0 Å². The van der Waals surface area contributed by atoms with Crippen molar-refractivity contribution < 1.29 is 9.53 Å². The molecule has 0 unspecified atom stereocenters. The zero-order chi connectivity index (χ0) is 24.7. The van der Waals surface area contributed by atoms with Crippen LogP contribution in [0.25, 0.3) is 15.9 Å². The molecule has 3 heterocycles. The van der Waals surface area contributed by atoms with Crippen LogP contribution in [0.3, 0.4) is 0 Å². The third kappa shape index (κ3) is 4.66. The van der Waals surface area contributed by atoms with Gasteiger partial charge in [-0.1, -0.05) is 42.1 Å². The number of aryl methyl sites for hydroxylation is 1. The van der Waals surface area contributed by atoms with Crippen molar-refractivity contribution in [2.24, 2.45) is 0 Å². The predicted octanol–water partition coefficient (Wildman–Crippen LogP) is 5.36. The Kier molecular flexibility index (Phi) is 6.29. The van der Waals surface area contributed by atoms with Crippen molar-refractivity contribution in [2.45, 2.75) is 44.6 Å². The molecule has 8 heteroatoms. The number of hydrogen-bond acceptors (Lipinski definition) is 6. The summed E-state index contributed by atoms with van der Waals surface area (Å²) < 4.78 is 7.65. The van der Waals surface area contributed by atoms with Crippen LogP contribution in [0.1, 0.15) is 29.9 Å². The van der Waals surface area contributed by atoms with Crippen LogP contribution in [0.4, 0.5) is 5.69 Å². The molecule has 0 aliphatic carbocycles. The van der Waals surface area contributed by atoms with E-state index in [1.807, 2.05) is 75.4 Å². The van der Waals surface area contributed by atoms with Crippen LogP contribution in [0.15, 0.2) is 64.5 Å². The van der Waals surface area contributed by atoms with Gasteiger partial charge < -0.3 is 9.64 Å². The number of nitrogens with zero attached hydrogens (tertiary/aromatic N) is 3. The average molecular weight is 506 g/mol. The Labute approximate surface area is 212 Å². The molecule has 0 atom stereocenters. The van der Waals surface area contributed by atoms with Crippen molar-refractivity contribution in [1.29, 1.82) is 0 Å². The summed E-state index contributed by atoms with van der Waals surface area (Å²) in [5.41, 5.74) is 3.24. The Hall–Kier alpha value is -2.94. The lowest BCUT2D eigenvalue weighted by Crippen LogP contribution is -2.32. The molecule has 0 radical (unpaired) electrons. The maximum atomic E-state index is 14.0. The zero-order valence-corrected chi connectivity index (χ0v) is 21.8. The summed E-state index contributed by atoms with van der Waals surface area (Å²) in [4.78, 5) is 35.3. The lowest BCUT2D eigenvalue weighted by Gasteiger charge is -2.29. The number of anilines is 1. The molecule has 2 aromatic heterocycles. The molecule has 5 rings (SSSR count). The van der Waals surface area contributed by atoms with E-state index in [0.29, 0.717) is 28.4 Å². The number of benzene rings is 2. The summed E-state index contributed by atoms with van der Waals surface area (Å²) in [6.45, 7) is 6.57. The van der Waals surface area contributed by atoms with Crippen molar-refractivity contribution in [1.82, 2.24) is 9.55 Å². The van der Waals surface area contributed by atoms with Crippen LogP contribution < -0.4 is 10.5 Å². The average Bonchev–Trinajstić information content (AvgIpc) is 3.19. The normalized spacial score (nSPS) is 14.6. The van der Waals surface area contributed by atoms with E-state index in [1.165, 1.54) is 23.1 Å². The van der Waals surface area contributed by atoms with E-state index in [0.717, 1.165) is 27.4 Å². The number of fused-ring (bicyclic) bond motifs is 3. The summed E-state index contributed by atoms with van der Waals surface area (Å²) in [6.07, 6.45) is 0.667. The van der Waals surface area contributed by atoms with Gasteiger partial charge in [0.25, 0.3) is 5.56 Å². The van der Waals surface area contributed by atoms with Gasteiger partial charge in [-0.15, -0.1) is 11.3 Å². The van der Waals surface area contributed by atoms with Gasteiger partial charge in [0.1, 0.15) is 4.83 Å². The molecular weight excluding hydrogens is 478 g/mol. The number of para-hydroxylation sites is 1. The minimum atomic E-state index is -0.330. The van der Waals surface area contributed by atoms with E-state index in [1.54, 1.807) is 16.5 Å². The highest BCUT2D eigenvalue weighted by molar-refractivity contribution is 7.99. The Bertz CT molecular complexity index is 1470. The Balaban J connectivity index is 1.58. The minimum Gasteiger partial charge on any atom is -0.370 e. The number of carbonyl (C=O) groups excluding carboxylic acids is 1. The number of thiophene rings is 1. The summed E-state index contributed by atoms with van der Waals surface area (Å²) in [5, 5.41) is 1.18. The van der Waals surface area contributed by atoms with Crippen LogP contribution >= 0.6 is 23.1 Å². The molecular formula is C27H27N3O3S2. The van der Waals surface area contributed by atoms with Gasteiger partial charge in [0.2, 0.25) is 5.91 Å². The third-order valence-corrected chi connectivity index (χ3v) is 8.20. The van der Waals surface area contributed by atoms with Crippen LogP contribution in [0.2, 0.25) is 0 Å². The molecule has 180 valence electrons. The van der Waals surface area contributed by atoms with E-state index >= 15 is 0 Å². The van der Waals surface area contributed by atoms with Crippen molar-refractivity contribution in [3.05, 3.63) is 81.0 Å². The first-order valence-electron chi connectivity index (χ1n) is 11.5. The molecule has 1 aliphatic rings. The number of ether oxygens (including phenoxy) is 1. The number of hydrogen-bond donors (Lipinski definition) is 0. The van der Waals surface area contributed by atoms with E-state index in [2.05, 4.69) is 0 Å². The number of amides is 1. The summed E-state index contributed by atoms with van der Waals surface area (Å²) >= 11 is 2.80. The molecule has 1 amide bonds. The van der Waals surface area contributed by atoms with Crippen molar-refractivity contribution >= 4 is 44.9 Å². The van der Waals surface area contributed by atoms with Crippen LogP contribution in [0, 0.1) is 6.92 Å². The fraction of sp³-hybridized carbons (Fsp3) is 0.296. The quantitative estimate of drug-likeness (QED) is 0.270. The highest BCUT2D eigenvalue weighted by Gasteiger charge is 2.31. The number of aromatic nitrogens is 2. The lowest BCUT2D eigenvalue weighted by atomic mass is 9.94. The standard InChI is InChI=1S/C27H27N3O3S2/c1-17-9-8-12-19(13-17)30-25(32)23-20-14-27(2,3)33-15-21(20)35-24(23)28-26(30)34-16-22(31)29(4)18-10-6-5-7-11-18/h5-13H,14-16H2,1-4H3. The first-order valence-corrected chi connectivity index (χ1v) is 13.3. The Morgan fingerprint density at radius 3 is 2.71 bits per heavy atom. The molecule has 35 heavy (non-hydrogen) atoms. The van der Waals surface area contributed by atoms with Crippen molar-refractivity contribution in [3.8, 4) is 5.69 Å². The maximum absolute atomic E-state index is 14.0. The second-order valence-electron chi connectivity index (χ2n) is 9.36. The monoisotopic (exact) mass is 505 g/mol. The molecule has 0 saturated carbocycles. The van der Waals surface area contributed by atoms with E-state index in [-0.39, 0.29) is 22.8 Å². The second-order valence-corrected chi connectivity index (χ2v) is 11.4. The van der Waals surface area contributed by atoms with Gasteiger partial charge in [0.05, 0.1) is 29.0 Å². The predicted molar refractivity (Wildman–Crippen MR) is 143 cm³/mol. The molecule has 6 nitrogen and oxygen atoms in total. The minimum absolute atomic E-state index is 0.0630. The molecule has 0 spiro atoms. The second kappa shape index (κ2) is 9.26. The molecule has 2 aromatic carbocycles. The third-order valence-electron chi connectivity index (χ3n) is 6.18. The highest BCUT2D eigenvalue weighted by Crippen LogP contribution is 2.38. The summed E-state index contributed by atoms with van der Waals surface area (Å²) in [7, 11) is 1.76. The molecule has 0 saturated heterocycles. The zero-order valence-electron chi connectivity index (χ0n) is 20.2. The number of thioether (sulfide) groups is 1. The first kappa shape index (κ1) is 23.8. The van der Waals surface area contributed by atoms with Gasteiger partial charge in [-0.3, -0.25) is 14.2 Å². The van der Waals surface area contributed by atoms with Gasteiger partial charge in [0, 0.05) is 24.0 Å². The fourth-order valence-corrected chi connectivity index (χ4v) is 6.35. The SMILES string of the molecule is Cc1cccc(-n2c(SCC(=O)N(C)c3ccccc3)nc3sc4c(c3c2=O)CC(C)(C)OC4)c1. The first-order chi connectivity index (χ1) is 16.7. The Morgan fingerprint density at radius 1 is 1.20 bits per heavy atom. The van der Waals surface area contributed by atoms with E-state index in [4.69, 9.17) is 9.72 Å². The number of carbonyl (C=O) groups is 1. The van der Waals surface area contributed by atoms with Gasteiger partial charge in [-0.25, -0.2) is 4.98 Å². The van der Waals surface area contributed by atoms with Gasteiger partial charge in [-0.05, 0) is 56.2 Å². The fourth-order valence-electron chi connectivity index (χ4n) is 4.28. The largest absolute Gasteiger partial charge is 0.370 e. The van der Waals surface area contributed by atoms with Gasteiger partial charge in [-0.2, -0.15) is 0 Å². The molecule has 0 bridgehead atoms. The topological polar surface area (TPSA) is 64.4 Å². The molecule has 0 fully saturated rings. The summed E-state index contributed by atoms with van der Waals surface area (Å²) in [6, 6.07) is 17.3.